The summed E-state index contributed by atoms with van der Waals surface area (Å²) in [7, 11) is 1.61. The van der Waals surface area contributed by atoms with Gasteiger partial charge in [-0.3, -0.25) is 0 Å². The molecule has 0 unspecified atom stereocenters. The Morgan fingerprint density at radius 1 is 1.39 bits per heavy atom. The van der Waals surface area contributed by atoms with Gasteiger partial charge in [-0.1, -0.05) is 0 Å². The molecule has 0 bridgehead atoms. The molecule has 18 heavy (non-hydrogen) atoms. The number of hydrogen-bond donors (Lipinski definition) is 1. The van der Waals surface area contributed by atoms with Crippen LogP contribution in [0.25, 0.3) is 0 Å². The molecule has 1 aromatic heterocycles. The maximum Gasteiger partial charge on any atom is 0.165 e. The van der Waals surface area contributed by atoms with E-state index in [0.29, 0.717) is 37.6 Å². The Morgan fingerprint density at radius 3 is 2.78 bits per heavy atom. The molecule has 1 aromatic rings. The van der Waals surface area contributed by atoms with Crippen molar-refractivity contribution in [3.63, 3.8) is 0 Å². The quantitative estimate of drug-likeness (QED) is 0.799. The molecule has 1 rings (SSSR count). The topological polar surface area (TPSA) is 99.0 Å². The summed E-state index contributed by atoms with van der Waals surface area (Å²) in [4.78, 5) is 6.07. The summed E-state index contributed by atoms with van der Waals surface area (Å²) < 4.78 is 5.01. The highest BCUT2D eigenvalue weighted by molar-refractivity contribution is 5.55. The van der Waals surface area contributed by atoms with E-state index in [0.717, 1.165) is 0 Å². The van der Waals surface area contributed by atoms with Crippen molar-refractivity contribution in [3.8, 4) is 12.1 Å². The molecule has 0 aliphatic rings. The van der Waals surface area contributed by atoms with Crippen molar-refractivity contribution < 1.29 is 4.74 Å². The molecule has 0 saturated carbocycles. The van der Waals surface area contributed by atoms with Gasteiger partial charge in [0.25, 0.3) is 0 Å². The van der Waals surface area contributed by atoms with E-state index >= 15 is 0 Å². The number of nitriles is 2. The number of ether oxygens (including phenoxy) is 1. The van der Waals surface area contributed by atoms with Gasteiger partial charge in [0, 0.05) is 20.2 Å². The zero-order chi connectivity index (χ0) is 13.4. The first kappa shape index (κ1) is 13.8. The zero-order valence-electron chi connectivity index (χ0n) is 10.3. The summed E-state index contributed by atoms with van der Waals surface area (Å²) in [5.74, 6) is 0.632. The van der Waals surface area contributed by atoms with Crippen LogP contribution in [0.5, 0.6) is 0 Å². The van der Waals surface area contributed by atoms with Gasteiger partial charge in [0.15, 0.2) is 5.69 Å². The molecule has 2 N–H and O–H groups in total. The Hall–Kier alpha value is -2.31. The number of aromatic nitrogens is 1. The monoisotopic (exact) mass is 245 g/mol. The second-order valence-electron chi connectivity index (χ2n) is 3.61. The van der Waals surface area contributed by atoms with Crippen molar-refractivity contribution >= 4 is 11.5 Å². The minimum absolute atomic E-state index is 0.201. The Morgan fingerprint density at radius 2 is 2.17 bits per heavy atom. The molecule has 0 saturated heterocycles. The van der Waals surface area contributed by atoms with Crippen LogP contribution < -0.4 is 10.6 Å². The van der Waals surface area contributed by atoms with Crippen LogP contribution in [0.4, 0.5) is 11.5 Å². The standard InChI is InChI=1S/C12H15N5O/c1-18-8-7-17(6-2-5-13)12-4-3-10(15)11(9-14)16-12/h3-4H,2,6-8,15H2,1H3. The molecule has 0 atom stereocenters. The minimum atomic E-state index is 0.201. The van der Waals surface area contributed by atoms with Crippen molar-refractivity contribution in [1.29, 1.82) is 10.5 Å². The molecule has 6 nitrogen and oxygen atoms in total. The van der Waals surface area contributed by atoms with E-state index in [4.69, 9.17) is 21.0 Å². The molecule has 94 valence electrons. The third-order valence-corrected chi connectivity index (χ3v) is 2.40. The van der Waals surface area contributed by atoms with Crippen LogP contribution in [-0.4, -0.2) is 31.8 Å². The summed E-state index contributed by atoms with van der Waals surface area (Å²) in [5.41, 5.74) is 6.18. The van der Waals surface area contributed by atoms with Gasteiger partial charge in [-0.25, -0.2) is 4.98 Å². The van der Waals surface area contributed by atoms with Gasteiger partial charge < -0.3 is 15.4 Å². The lowest BCUT2D eigenvalue weighted by molar-refractivity contribution is 0.205. The molecule has 0 amide bonds. The van der Waals surface area contributed by atoms with Gasteiger partial charge in [-0.05, 0) is 12.1 Å². The van der Waals surface area contributed by atoms with Crippen LogP contribution in [0.15, 0.2) is 12.1 Å². The zero-order valence-corrected chi connectivity index (χ0v) is 10.3. The number of nitrogens with two attached hydrogens (primary N) is 1. The highest BCUT2D eigenvalue weighted by atomic mass is 16.5. The third-order valence-electron chi connectivity index (χ3n) is 2.40. The van der Waals surface area contributed by atoms with E-state index in [1.165, 1.54) is 0 Å². The second-order valence-corrected chi connectivity index (χ2v) is 3.61. The average molecular weight is 245 g/mol. The SMILES string of the molecule is COCCN(CCC#N)c1ccc(N)c(C#N)n1. The lowest BCUT2D eigenvalue weighted by Gasteiger charge is -2.22. The van der Waals surface area contributed by atoms with Crippen LogP contribution in [-0.2, 0) is 4.74 Å². The molecule has 0 fully saturated rings. The van der Waals surface area contributed by atoms with Gasteiger partial charge in [-0.15, -0.1) is 0 Å². The maximum atomic E-state index is 8.89. The van der Waals surface area contributed by atoms with Gasteiger partial charge >= 0.3 is 0 Å². The van der Waals surface area contributed by atoms with Crippen molar-refractivity contribution in [2.24, 2.45) is 0 Å². The Bertz CT molecular complexity index is 474. The predicted octanol–water partition coefficient (Wildman–Crippen LogP) is 0.902. The highest BCUT2D eigenvalue weighted by Crippen LogP contribution is 2.16. The minimum Gasteiger partial charge on any atom is -0.396 e. The number of methoxy groups -OCH3 is 1. The van der Waals surface area contributed by atoms with E-state index in [9.17, 15) is 0 Å². The van der Waals surface area contributed by atoms with E-state index in [2.05, 4.69) is 11.1 Å². The lowest BCUT2D eigenvalue weighted by atomic mass is 10.3. The summed E-state index contributed by atoms with van der Waals surface area (Å²) >= 11 is 0. The number of hydrogen-bond acceptors (Lipinski definition) is 6. The average Bonchev–Trinajstić information content (AvgIpc) is 2.40. The first-order valence-corrected chi connectivity index (χ1v) is 5.50. The summed E-state index contributed by atoms with van der Waals surface area (Å²) in [6, 6.07) is 7.41. The smallest absolute Gasteiger partial charge is 0.165 e. The number of anilines is 2. The van der Waals surface area contributed by atoms with Crippen LogP contribution in [0.1, 0.15) is 12.1 Å². The highest BCUT2D eigenvalue weighted by Gasteiger charge is 2.10. The van der Waals surface area contributed by atoms with Gasteiger partial charge in [0.2, 0.25) is 0 Å². The summed E-state index contributed by atoms with van der Waals surface area (Å²) in [5, 5.41) is 17.5. The van der Waals surface area contributed by atoms with Crippen LogP contribution >= 0.6 is 0 Å². The normalized spacial score (nSPS) is 9.50. The van der Waals surface area contributed by atoms with Crippen molar-refractivity contribution in [2.45, 2.75) is 6.42 Å². The largest absolute Gasteiger partial charge is 0.396 e. The fourth-order valence-electron chi connectivity index (χ4n) is 1.45. The second kappa shape index (κ2) is 7.10. The Kier molecular flexibility index (Phi) is 5.43. The van der Waals surface area contributed by atoms with E-state index in [1.54, 1.807) is 19.2 Å². The van der Waals surface area contributed by atoms with Crippen LogP contribution in [0.2, 0.25) is 0 Å². The van der Waals surface area contributed by atoms with Crippen molar-refractivity contribution in [1.82, 2.24) is 4.98 Å². The fraction of sp³-hybridized carbons (Fsp3) is 0.417. The summed E-state index contributed by atoms with van der Waals surface area (Å²) in [6.45, 7) is 1.68. The molecule has 0 aliphatic carbocycles. The molecule has 1 heterocycles. The first-order chi connectivity index (χ1) is 8.72. The molecule has 0 aromatic carbocycles. The third kappa shape index (κ3) is 3.62. The number of nitrogen functional groups attached to an aromatic ring is 1. The molecular weight excluding hydrogens is 230 g/mol. The van der Waals surface area contributed by atoms with E-state index < -0.39 is 0 Å². The van der Waals surface area contributed by atoms with E-state index in [1.807, 2.05) is 11.0 Å². The number of rotatable bonds is 6. The molecule has 0 radical (unpaired) electrons. The molecule has 0 aliphatic heterocycles. The van der Waals surface area contributed by atoms with Crippen LogP contribution in [0.3, 0.4) is 0 Å². The first-order valence-electron chi connectivity index (χ1n) is 5.50. The van der Waals surface area contributed by atoms with Crippen molar-refractivity contribution in [2.75, 3.05) is 37.4 Å². The van der Waals surface area contributed by atoms with Gasteiger partial charge in [0.1, 0.15) is 11.9 Å². The molecule has 0 spiro atoms. The van der Waals surface area contributed by atoms with E-state index in [-0.39, 0.29) is 5.69 Å². The molecule has 6 heteroatoms. The van der Waals surface area contributed by atoms with Crippen molar-refractivity contribution in [3.05, 3.63) is 17.8 Å². The Labute approximate surface area is 106 Å². The van der Waals surface area contributed by atoms with Crippen LogP contribution in [0, 0.1) is 22.7 Å². The predicted molar refractivity (Wildman–Crippen MR) is 67.7 cm³/mol. The Balaban J connectivity index is 2.90. The number of pyridine rings is 1. The molecular formula is C12H15N5O. The lowest BCUT2D eigenvalue weighted by Crippen LogP contribution is -2.29. The fourth-order valence-corrected chi connectivity index (χ4v) is 1.45. The number of nitrogens with zero attached hydrogens (tertiary/aromatic N) is 4. The van der Waals surface area contributed by atoms with Gasteiger partial charge in [-0.2, -0.15) is 10.5 Å². The van der Waals surface area contributed by atoms with Gasteiger partial charge in [0.05, 0.1) is 24.8 Å². The maximum absolute atomic E-state index is 8.89. The summed E-state index contributed by atoms with van der Waals surface area (Å²) in [6.07, 6.45) is 0.387.